The molecule has 6 nitrogen and oxygen atoms in total. The molecule has 0 fully saturated rings. The van der Waals surface area contributed by atoms with Crippen molar-refractivity contribution in [3.8, 4) is 11.5 Å². The molecule has 1 unspecified atom stereocenters. The van der Waals surface area contributed by atoms with E-state index in [9.17, 15) is 4.39 Å². The highest BCUT2D eigenvalue weighted by molar-refractivity contribution is 5.58. The third-order valence-corrected chi connectivity index (χ3v) is 4.05. The van der Waals surface area contributed by atoms with Crippen molar-refractivity contribution >= 4 is 0 Å². The maximum Gasteiger partial charge on any atom is 0.225 e. The first-order valence-electron chi connectivity index (χ1n) is 6.80. The minimum absolute atomic E-state index is 0.270. The van der Waals surface area contributed by atoms with Crippen LogP contribution in [0.4, 0.5) is 4.39 Å². The van der Waals surface area contributed by atoms with Crippen molar-refractivity contribution < 1.29 is 4.39 Å². The fraction of sp³-hybridized carbons (Fsp3) is 0.286. The number of tetrazole rings is 1. The van der Waals surface area contributed by atoms with Gasteiger partial charge in [-0.2, -0.15) is 10.3 Å². The zero-order valence-corrected chi connectivity index (χ0v) is 11.2. The predicted molar refractivity (Wildman–Crippen MR) is 73.2 cm³/mol. The lowest BCUT2D eigenvalue weighted by Gasteiger charge is -2.13. The average Bonchev–Trinajstić information content (AvgIpc) is 3.23. The number of alkyl halides is 1. The maximum atomic E-state index is 13.1. The van der Waals surface area contributed by atoms with Gasteiger partial charge in [0, 0.05) is 11.3 Å². The van der Waals surface area contributed by atoms with E-state index >= 15 is 0 Å². The minimum Gasteiger partial charge on any atom is -0.282 e. The van der Waals surface area contributed by atoms with E-state index in [0.29, 0.717) is 5.82 Å². The van der Waals surface area contributed by atoms with Crippen LogP contribution in [0.5, 0.6) is 0 Å². The van der Waals surface area contributed by atoms with Gasteiger partial charge in [-0.3, -0.25) is 5.10 Å². The maximum absolute atomic E-state index is 13.1. The van der Waals surface area contributed by atoms with Gasteiger partial charge >= 0.3 is 0 Å². The number of aromatic nitrogens is 6. The second-order valence-corrected chi connectivity index (χ2v) is 5.20. The molecule has 1 aliphatic carbocycles. The molecule has 1 aromatic carbocycles. The molecule has 0 saturated carbocycles. The Hall–Kier alpha value is -2.57. The Kier molecular flexibility index (Phi) is 2.77. The van der Waals surface area contributed by atoms with E-state index in [0.717, 1.165) is 40.9 Å². The molecule has 0 radical (unpaired) electrons. The third kappa shape index (κ3) is 1.93. The zero-order valence-electron chi connectivity index (χ0n) is 11.2. The molecule has 2 N–H and O–H groups in total. The van der Waals surface area contributed by atoms with E-state index in [1.165, 1.54) is 0 Å². The molecular formula is C14H13FN6. The number of H-pyrrole nitrogens is 2. The zero-order chi connectivity index (χ0) is 14.2. The van der Waals surface area contributed by atoms with Gasteiger partial charge in [0.05, 0.1) is 0 Å². The molecule has 0 amide bonds. The number of rotatable bonds is 3. The van der Waals surface area contributed by atoms with Crippen LogP contribution in [0.1, 0.15) is 28.3 Å². The molecule has 0 spiro atoms. The van der Waals surface area contributed by atoms with Crippen molar-refractivity contribution in [1.82, 2.24) is 30.8 Å². The Bertz CT molecular complexity index is 764. The fourth-order valence-corrected chi connectivity index (χ4v) is 3.08. The van der Waals surface area contributed by atoms with Crippen molar-refractivity contribution in [2.45, 2.75) is 25.4 Å². The van der Waals surface area contributed by atoms with Crippen LogP contribution in [0.15, 0.2) is 24.3 Å². The largest absolute Gasteiger partial charge is 0.282 e. The first kappa shape index (κ1) is 12.2. The molecule has 1 aliphatic rings. The summed E-state index contributed by atoms with van der Waals surface area (Å²) in [7, 11) is 0. The van der Waals surface area contributed by atoms with Gasteiger partial charge in [0.15, 0.2) is 0 Å². The van der Waals surface area contributed by atoms with Gasteiger partial charge in [-0.25, -0.2) is 4.39 Å². The normalized spacial score (nSPS) is 17.1. The van der Waals surface area contributed by atoms with E-state index < -0.39 is 6.67 Å². The van der Waals surface area contributed by atoms with Crippen LogP contribution >= 0.6 is 0 Å². The summed E-state index contributed by atoms with van der Waals surface area (Å²) in [5.74, 6) is 0.763. The molecule has 4 rings (SSSR count). The lowest BCUT2D eigenvalue weighted by Crippen LogP contribution is -2.03. The first-order valence-corrected chi connectivity index (χ1v) is 6.80. The van der Waals surface area contributed by atoms with Gasteiger partial charge in [0.2, 0.25) is 5.82 Å². The Morgan fingerprint density at radius 1 is 1.19 bits per heavy atom. The molecule has 3 aromatic rings. The molecule has 0 aliphatic heterocycles. The minimum atomic E-state index is -0.434. The molecule has 1 atom stereocenters. The summed E-state index contributed by atoms with van der Waals surface area (Å²) < 4.78 is 13.1. The second kappa shape index (κ2) is 4.76. The fourth-order valence-electron chi connectivity index (χ4n) is 3.08. The van der Waals surface area contributed by atoms with Gasteiger partial charge in [-0.05, 0) is 35.1 Å². The first-order chi connectivity index (χ1) is 10.4. The van der Waals surface area contributed by atoms with Crippen LogP contribution in [0.2, 0.25) is 0 Å². The van der Waals surface area contributed by atoms with E-state index in [1.807, 2.05) is 24.3 Å². The summed E-state index contributed by atoms with van der Waals surface area (Å²) in [6.07, 6.45) is 1.64. The van der Waals surface area contributed by atoms with Crippen LogP contribution in [-0.2, 0) is 19.5 Å². The second-order valence-electron chi connectivity index (χ2n) is 5.20. The van der Waals surface area contributed by atoms with Crippen molar-refractivity contribution in [1.29, 1.82) is 0 Å². The predicted octanol–water partition coefficient (Wildman–Crippen LogP) is 1.94. The molecular weight excluding hydrogens is 271 g/mol. The summed E-state index contributed by atoms with van der Waals surface area (Å²) >= 11 is 0. The molecule has 2 aromatic heterocycles. The van der Waals surface area contributed by atoms with Crippen molar-refractivity contribution in [3.63, 3.8) is 0 Å². The van der Waals surface area contributed by atoms with Crippen molar-refractivity contribution in [2.24, 2.45) is 0 Å². The molecule has 0 bridgehead atoms. The highest BCUT2D eigenvalue weighted by atomic mass is 19.1. The van der Waals surface area contributed by atoms with Gasteiger partial charge in [0.25, 0.3) is 0 Å². The van der Waals surface area contributed by atoms with Gasteiger partial charge in [-0.1, -0.05) is 24.3 Å². The SMILES string of the molecule is FCc1ccccc1C1Cc2[nH]nc(-c3nn[nH]n3)c2C1. The van der Waals surface area contributed by atoms with E-state index in [1.54, 1.807) is 0 Å². The summed E-state index contributed by atoms with van der Waals surface area (Å²) in [6.45, 7) is -0.434. The van der Waals surface area contributed by atoms with E-state index in [4.69, 9.17) is 0 Å². The third-order valence-electron chi connectivity index (χ3n) is 4.05. The van der Waals surface area contributed by atoms with Crippen LogP contribution in [0, 0.1) is 0 Å². The van der Waals surface area contributed by atoms with Crippen LogP contribution < -0.4 is 0 Å². The number of aromatic amines is 2. The number of fused-ring (bicyclic) bond motifs is 1. The average molecular weight is 284 g/mol. The van der Waals surface area contributed by atoms with E-state index in [2.05, 4.69) is 30.8 Å². The standard InChI is InChI=1S/C14H13FN6/c15-7-8-3-1-2-4-10(8)9-5-11-12(6-9)16-17-13(11)14-18-20-21-19-14/h1-4,9H,5-7H2,(H,16,17)(H,18,19,20,21). The van der Waals surface area contributed by atoms with Crippen LogP contribution in [-0.4, -0.2) is 30.8 Å². The Morgan fingerprint density at radius 2 is 2.10 bits per heavy atom. The van der Waals surface area contributed by atoms with Gasteiger partial charge in [-0.15, -0.1) is 10.2 Å². The van der Waals surface area contributed by atoms with Gasteiger partial charge in [0.1, 0.15) is 12.4 Å². The molecule has 21 heavy (non-hydrogen) atoms. The molecule has 106 valence electrons. The quantitative estimate of drug-likeness (QED) is 0.770. The summed E-state index contributed by atoms with van der Waals surface area (Å²) in [5.41, 5.74) is 4.76. The Labute approximate surface area is 119 Å². The van der Waals surface area contributed by atoms with Crippen LogP contribution in [0.3, 0.4) is 0 Å². The highest BCUT2D eigenvalue weighted by Gasteiger charge is 2.30. The lowest BCUT2D eigenvalue weighted by molar-refractivity contribution is 0.479. The number of hydrogen-bond acceptors (Lipinski definition) is 4. The number of hydrogen-bond donors (Lipinski definition) is 2. The number of nitrogens with one attached hydrogen (secondary N) is 2. The van der Waals surface area contributed by atoms with Crippen molar-refractivity contribution in [2.75, 3.05) is 0 Å². The monoisotopic (exact) mass is 284 g/mol. The topological polar surface area (TPSA) is 83.1 Å². The molecule has 7 heteroatoms. The highest BCUT2D eigenvalue weighted by Crippen LogP contribution is 2.38. The molecule has 0 saturated heterocycles. The number of benzene rings is 1. The van der Waals surface area contributed by atoms with Gasteiger partial charge < -0.3 is 0 Å². The Morgan fingerprint density at radius 3 is 2.90 bits per heavy atom. The Balaban J connectivity index is 1.69. The molecule has 2 heterocycles. The summed E-state index contributed by atoms with van der Waals surface area (Å²) in [6, 6.07) is 7.69. The smallest absolute Gasteiger partial charge is 0.225 e. The number of halogens is 1. The number of nitrogens with zero attached hydrogens (tertiary/aromatic N) is 4. The van der Waals surface area contributed by atoms with E-state index in [-0.39, 0.29) is 5.92 Å². The summed E-state index contributed by atoms with van der Waals surface area (Å²) in [4.78, 5) is 0. The summed E-state index contributed by atoms with van der Waals surface area (Å²) in [5, 5.41) is 21.3. The van der Waals surface area contributed by atoms with Crippen molar-refractivity contribution in [3.05, 3.63) is 46.6 Å². The lowest BCUT2D eigenvalue weighted by atomic mass is 9.92. The van der Waals surface area contributed by atoms with Crippen LogP contribution in [0.25, 0.3) is 11.5 Å².